The summed E-state index contributed by atoms with van der Waals surface area (Å²) in [7, 11) is -3.43. The summed E-state index contributed by atoms with van der Waals surface area (Å²) in [6, 6.07) is 4.49. The lowest BCUT2D eigenvalue weighted by Crippen LogP contribution is -2.54. The van der Waals surface area contributed by atoms with Gasteiger partial charge in [0, 0.05) is 5.41 Å². The number of hydrogen-bond donors (Lipinski definition) is 1. The highest BCUT2D eigenvalue weighted by Crippen LogP contribution is 2.65. The number of aryl methyl sites for hydroxylation is 1. The SMILES string of the molecule is C#CC1(O[Si](C)(C)C)CCC2C3CCc4cc(O[Si](C)(C)C)c(N)cc4C3CCC21C. The minimum atomic E-state index is -1.74. The van der Waals surface area contributed by atoms with Gasteiger partial charge < -0.3 is 14.6 Å². The monoisotopic (exact) mass is 455 g/mol. The van der Waals surface area contributed by atoms with Gasteiger partial charge in [0.25, 0.3) is 0 Å². The summed E-state index contributed by atoms with van der Waals surface area (Å²) in [6.07, 6.45) is 13.1. The van der Waals surface area contributed by atoms with Gasteiger partial charge in [-0.05, 0) is 119 Å². The second-order valence-electron chi connectivity index (χ2n) is 12.4. The summed E-state index contributed by atoms with van der Waals surface area (Å²) in [6.45, 7) is 15.9. The summed E-state index contributed by atoms with van der Waals surface area (Å²) in [5.74, 6) is 6.00. The molecule has 4 rings (SSSR count). The second kappa shape index (κ2) is 7.40. The summed E-state index contributed by atoms with van der Waals surface area (Å²) >= 11 is 0. The van der Waals surface area contributed by atoms with Gasteiger partial charge in [-0.15, -0.1) is 6.42 Å². The van der Waals surface area contributed by atoms with E-state index in [0.717, 1.165) is 30.7 Å². The van der Waals surface area contributed by atoms with Crippen LogP contribution in [-0.2, 0) is 10.8 Å². The van der Waals surface area contributed by atoms with Crippen LogP contribution in [0.3, 0.4) is 0 Å². The molecule has 1 aromatic carbocycles. The van der Waals surface area contributed by atoms with Crippen molar-refractivity contribution < 1.29 is 8.85 Å². The van der Waals surface area contributed by atoms with E-state index in [9.17, 15) is 0 Å². The molecule has 2 N–H and O–H groups in total. The van der Waals surface area contributed by atoms with Crippen molar-refractivity contribution in [1.29, 1.82) is 0 Å². The number of nitrogens with two attached hydrogens (primary N) is 1. The topological polar surface area (TPSA) is 44.5 Å². The maximum atomic E-state index is 6.81. The van der Waals surface area contributed by atoms with Crippen LogP contribution in [0.4, 0.5) is 5.69 Å². The largest absolute Gasteiger partial charge is 0.543 e. The van der Waals surface area contributed by atoms with Crippen molar-refractivity contribution in [3.05, 3.63) is 23.3 Å². The minimum absolute atomic E-state index is 0.0765. The van der Waals surface area contributed by atoms with Gasteiger partial charge in [-0.25, -0.2) is 0 Å². The first-order chi connectivity index (χ1) is 14.3. The van der Waals surface area contributed by atoms with Crippen LogP contribution in [-0.4, -0.2) is 22.2 Å². The summed E-state index contributed by atoms with van der Waals surface area (Å²) in [4.78, 5) is 0. The van der Waals surface area contributed by atoms with Crippen molar-refractivity contribution in [3.63, 3.8) is 0 Å². The van der Waals surface area contributed by atoms with E-state index >= 15 is 0 Å². The smallest absolute Gasteiger partial charge is 0.242 e. The molecular weight excluding hydrogens is 414 g/mol. The van der Waals surface area contributed by atoms with Gasteiger partial charge in [0.15, 0.2) is 8.32 Å². The molecular formula is C26H41NO2Si2. The number of nitrogen functional groups attached to an aromatic ring is 1. The molecule has 2 fully saturated rings. The Morgan fingerprint density at radius 1 is 1.03 bits per heavy atom. The third-order valence-electron chi connectivity index (χ3n) is 8.10. The lowest BCUT2D eigenvalue weighted by molar-refractivity contribution is -0.0537. The predicted molar refractivity (Wildman–Crippen MR) is 135 cm³/mol. The Bertz CT molecular complexity index is 910. The number of rotatable bonds is 4. The van der Waals surface area contributed by atoms with E-state index < -0.39 is 16.6 Å². The van der Waals surface area contributed by atoms with Crippen LogP contribution in [0.25, 0.3) is 0 Å². The molecule has 3 aliphatic rings. The molecule has 0 aliphatic heterocycles. The standard InChI is InChI=1S/C26H41NO2Si2/c1-9-26(29-31(6,7)8)15-13-22-20-11-10-18-16-24(28-30(3,4)5)23(27)17-21(18)19(20)12-14-25(22,26)2/h1,16-17,19-20,22H,10-15,27H2,2-8H3. The molecule has 0 bridgehead atoms. The van der Waals surface area contributed by atoms with Crippen LogP contribution in [0, 0.1) is 29.6 Å². The highest BCUT2D eigenvalue weighted by Gasteiger charge is 2.63. The van der Waals surface area contributed by atoms with Crippen molar-refractivity contribution in [2.24, 2.45) is 17.3 Å². The summed E-state index contributed by atoms with van der Waals surface area (Å²) < 4.78 is 13.1. The van der Waals surface area contributed by atoms with Crippen molar-refractivity contribution in [2.45, 2.75) is 96.2 Å². The van der Waals surface area contributed by atoms with Crippen molar-refractivity contribution in [3.8, 4) is 18.1 Å². The highest BCUT2D eigenvalue weighted by atomic mass is 28.4. The maximum absolute atomic E-state index is 6.81. The molecule has 0 amide bonds. The van der Waals surface area contributed by atoms with E-state index in [1.54, 1.807) is 0 Å². The fourth-order valence-corrected chi connectivity index (χ4v) is 9.27. The normalized spacial score (nSPS) is 35.0. The molecule has 5 unspecified atom stereocenters. The molecule has 0 radical (unpaired) electrons. The zero-order chi connectivity index (χ0) is 22.8. The van der Waals surface area contributed by atoms with E-state index in [0.29, 0.717) is 17.8 Å². The predicted octanol–water partition coefficient (Wildman–Crippen LogP) is 6.56. The van der Waals surface area contributed by atoms with Crippen LogP contribution in [0.1, 0.15) is 56.1 Å². The van der Waals surface area contributed by atoms with Gasteiger partial charge in [-0.2, -0.15) is 0 Å². The van der Waals surface area contributed by atoms with Gasteiger partial charge in [0.2, 0.25) is 8.32 Å². The quantitative estimate of drug-likeness (QED) is 0.317. The van der Waals surface area contributed by atoms with E-state index in [-0.39, 0.29) is 11.0 Å². The van der Waals surface area contributed by atoms with Crippen molar-refractivity contribution in [1.82, 2.24) is 0 Å². The molecule has 0 heterocycles. The first-order valence-corrected chi connectivity index (χ1v) is 18.9. The van der Waals surface area contributed by atoms with Gasteiger partial charge >= 0.3 is 0 Å². The molecule has 5 heteroatoms. The number of hydrogen-bond acceptors (Lipinski definition) is 3. The number of anilines is 1. The van der Waals surface area contributed by atoms with Crippen molar-refractivity contribution >= 4 is 22.3 Å². The molecule has 31 heavy (non-hydrogen) atoms. The van der Waals surface area contributed by atoms with Crippen LogP contribution in [0.15, 0.2) is 12.1 Å². The molecule has 3 nitrogen and oxygen atoms in total. The number of terminal acetylenes is 1. The third kappa shape index (κ3) is 3.89. The Morgan fingerprint density at radius 2 is 1.74 bits per heavy atom. The van der Waals surface area contributed by atoms with Gasteiger partial charge in [0.1, 0.15) is 11.4 Å². The lowest BCUT2D eigenvalue weighted by atomic mass is 9.53. The second-order valence-corrected chi connectivity index (χ2v) is 21.3. The zero-order valence-corrected chi connectivity index (χ0v) is 22.6. The lowest BCUT2D eigenvalue weighted by Gasteiger charge is -2.54. The molecule has 2 saturated carbocycles. The Morgan fingerprint density at radius 3 is 2.35 bits per heavy atom. The summed E-state index contributed by atoms with van der Waals surface area (Å²) in [5.41, 5.74) is 9.92. The first kappa shape index (κ1) is 22.9. The average Bonchev–Trinajstić information content (AvgIpc) is 2.92. The maximum Gasteiger partial charge on any atom is 0.242 e. The molecule has 0 saturated heterocycles. The van der Waals surface area contributed by atoms with Crippen LogP contribution in [0.5, 0.6) is 5.75 Å². The molecule has 5 atom stereocenters. The first-order valence-electron chi connectivity index (χ1n) is 12.1. The Balaban J connectivity index is 1.65. The van der Waals surface area contributed by atoms with Crippen molar-refractivity contribution in [2.75, 3.05) is 5.73 Å². The highest BCUT2D eigenvalue weighted by molar-refractivity contribution is 6.70. The van der Waals surface area contributed by atoms with E-state index in [1.807, 2.05) is 0 Å². The van der Waals surface area contributed by atoms with E-state index in [4.69, 9.17) is 21.0 Å². The Hall–Kier alpha value is -1.23. The molecule has 3 aliphatic carbocycles. The third-order valence-corrected chi connectivity index (χ3v) is 9.90. The number of benzene rings is 1. The summed E-state index contributed by atoms with van der Waals surface area (Å²) in [5, 5.41) is 0. The van der Waals surface area contributed by atoms with Gasteiger partial charge in [-0.1, -0.05) is 12.8 Å². The Labute approximate surface area is 191 Å². The molecule has 0 spiro atoms. The van der Waals surface area contributed by atoms with E-state index in [1.165, 1.54) is 30.4 Å². The van der Waals surface area contributed by atoms with Crippen LogP contribution >= 0.6 is 0 Å². The van der Waals surface area contributed by atoms with E-state index in [2.05, 4.69) is 64.3 Å². The molecule has 0 aromatic heterocycles. The van der Waals surface area contributed by atoms with Crippen LogP contribution < -0.4 is 10.2 Å². The molecule has 170 valence electrons. The van der Waals surface area contributed by atoms with Gasteiger partial charge in [-0.3, -0.25) is 0 Å². The fraction of sp³-hybridized carbons (Fsp3) is 0.692. The molecule has 1 aromatic rings. The minimum Gasteiger partial charge on any atom is -0.543 e. The van der Waals surface area contributed by atoms with Crippen LogP contribution in [0.2, 0.25) is 39.3 Å². The average molecular weight is 456 g/mol. The van der Waals surface area contributed by atoms with Gasteiger partial charge in [0.05, 0.1) is 5.69 Å². The Kier molecular flexibility index (Phi) is 5.48. The number of fused-ring (bicyclic) bond motifs is 5. The fourth-order valence-electron chi connectivity index (χ4n) is 6.99. The zero-order valence-electron chi connectivity index (χ0n) is 20.6.